The van der Waals surface area contributed by atoms with Crippen molar-refractivity contribution in [2.45, 2.75) is 12.3 Å². The zero-order valence-electron chi connectivity index (χ0n) is 13.5. The molecule has 0 radical (unpaired) electrons. The molecule has 1 aromatic heterocycles. The maximum absolute atomic E-state index is 13.5. The lowest BCUT2D eigenvalue weighted by Gasteiger charge is -2.16. The molecule has 0 spiro atoms. The van der Waals surface area contributed by atoms with Crippen LogP contribution in [-0.2, 0) is 4.79 Å². The first-order valence-corrected chi connectivity index (χ1v) is 7.70. The lowest BCUT2D eigenvalue weighted by Crippen LogP contribution is -2.29. The van der Waals surface area contributed by atoms with Crippen LogP contribution in [0.4, 0.5) is 4.39 Å². The molecule has 2 aromatic rings. The summed E-state index contributed by atoms with van der Waals surface area (Å²) in [6.45, 7) is 0.603. The predicted molar refractivity (Wildman–Crippen MR) is 83.7 cm³/mol. The average Bonchev–Trinajstić information content (AvgIpc) is 3.23. The Morgan fingerprint density at radius 3 is 2.88 bits per heavy atom. The maximum Gasteiger partial charge on any atom is 0.303 e. The number of carboxylic acid groups (broad SMARTS) is 1. The number of H-pyrrole nitrogens is 1. The molecule has 2 heterocycles. The molecule has 0 saturated carbocycles. The van der Waals surface area contributed by atoms with Crippen LogP contribution in [0.3, 0.4) is 0 Å². The number of hydrogen-bond donors (Lipinski definition) is 2. The van der Waals surface area contributed by atoms with E-state index >= 15 is 0 Å². The quantitative estimate of drug-likeness (QED) is 0.843. The summed E-state index contributed by atoms with van der Waals surface area (Å²) < 4.78 is 18.4. The number of ether oxygens (including phenoxy) is 1. The van der Waals surface area contributed by atoms with Gasteiger partial charge in [-0.25, -0.2) is 4.39 Å². The summed E-state index contributed by atoms with van der Waals surface area (Å²) in [6, 6.07) is 3.90. The number of methoxy groups -OCH3 is 1. The number of nitrogens with one attached hydrogen (secondary N) is 1. The van der Waals surface area contributed by atoms with E-state index in [4.69, 9.17) is 9.84 Å². The SMILES string of the molecule is COc1cc(C(=O)N2C[C@@H](CC(=O)O)[C@@H](c3cn[nH]n3)C2)ccc1F. The number of carboxylic acids is 1. The lowest BCUT2D eigenvalue weighted by molar-refractivity contribution is -0.138. The zero-order chi connectivity index (χ0) is 18.0. The molecule has 1 aromatic carbocycles. The smallest absolute Gasteiger partial charge is 0.303 e. The van der Waals surface area contributed by atoms with Crippen molar-refractivity contribution in [3.8, 4) is 5.75 Å². The largest absolute Gasteiger partial charge is 0.494 e. The number of carbonyl (C=O) groups excluding carboxylic acids is 1. The van der Waals surface area contributed by atoms with E-state index in [-0.39, 0.29) is 42.0 Å². The summed E-state index contributed by atoms with van der Waals surface area (Å²) in [5, 5.41) is 19.4. The predicted octanol–water partition coefficient (Wildman–Crippen LogP) is 1.28. The Morgan fingerprint density at radius 2 is 2.24 bits per heavy atom. The standard InChI is InChI=1S/C16H17FN4O4/c1-25-14-4-9(2-3-12(14)17)16(24)21-7-10(5-15(22)23)11(8-21)13-6-18-20-19-13/h2-4,6,10-11H,5,7-8H2,1H3,(H,22,23)(H,18,19,20)/t10-,11+/m1/s1. The van der Waals surface area contributed by atoms with Gasteiger partial charge in [0.05, 0.1) is 25.4 Å². The van der Waals surface area contributed by atoms with Gasteiger partial charge in [-0.3, -0.25) is 9.59 Å². The maximum atomic E-state index is 13.5. The van der Waals surface area contributed by atoms with Crippen molar-refractivity contribution in [2.75, 3.05) is 20.2 Å². The molecule has 2 N–H and O–H groups in total. The summed E-state index contributed by atoms with van der Waals surface area (Å²) >= 11 is 0. The summed E-state index contributed by atoms with van der Waals surface area (Å²) in [7, 11) is 1.33. The number of hydrogen-bond acceptors (Lipinski definition) is 5. The minimum Gasteiger partial charge on any atom is -0.494 e. The summed E-state index contributed by atoms with van der Waals surface area (Å²) in [6.07, 6.45) is 1.46. The normalized spacial score (nSPS) is 19.8. The van der Waals surface area contributed by atoms with E-state index in [1.54, 1.807) is 4.90 Å². The zero-order valence-corrected chi connectivity index (χ0v) is 13.5. The van der Waals surface area contributed by atoms with Crippen LogP contribution in [0, 0.1) is 11.7 Å². The third-order valence-corrected chi connectivity index (χ3v) is 4.38. The van der Waals surface area contributed by atoms with Crippen LogP contribution in [0.1, 0.15) is 28.4 Å². The second-order valence-corrected chi connectivity index (χ2v) is 5.92. The monoisotopic (exact) mass is 348 g/mol. The molecule has 1 aliphatic rings. The Bertz CT molecular complexity index is 780. The minimum absolute atomic E-state index is 0.0137. The molecule has 25 heavy (non-hydrogen) atoms. The molecule has 2 atom stereocenters. The van der Waals surface area contributed by atoms with Crippen molar-refractivity contribution in [2.24, 2.45) is 5.92 Å². The number of nitrogens with zero attached hydrogens (tertiary/aromatic N) is 3. The van der Waals surface area contributed by atoms with Crippen LogP contribution in [0.2, 0.25) is 0 Å². The van der Waals surface area contributed by atoms with Gasteiger partial charge in [0, 0.05) is 24.6 Å². The molecule has 0 aliphatic carbocycles. The highest BCUT2D eigenvalue weighted by molar-refractivity contribution is 5.95. The van der Waals surface area contributed by atoms with Crippen molar-refractivity contribution < 1.29 is 23.8 Å². The average molecular weight is 348 g/mol. The molecule has 9 heteroatoms. The molecule has 0 unspecified atom stereocenters. The molecule has 132 valence electrons. The fourth-order valence-electron chi connectivity index (χ4n) is 3.17. The van der Waals surface area contributed by atoms with Crippen LogP contribution in [0.25, 0.3) is 0 Å². The van der Waals surface area contributed by atoms with E-state index < -0.39 is 11.8 Å². The van der Waals surface area contributed by atoms with Gasteiger partial charge >= 0.3 is 5.97 Å². The van der Waals surface area contributed by atoms with Gasteiger partial charge in [0.2, 0.25) is 0 Å². The Morgan fingerprint density at radius 1 is 1.44 bits per heavy atom. The number of rotatable bonds is 5. The van der Waals surface area contributed by atoms with Crippen molar-refractivity contribution in [1.82, 2.24) is 20.3 Å². The van der Waals surface area contributed by atoms with Crippen LogP contribution >= 0.6 is 0 Å². The summed E-state index contributed by atoms with van der Waals surface area (Å²) in [5.74, 6) is -2.30. The van der Waals surface area contributed by atoms with Crippen molar-refractivity contribution in [3.05, 3.63) is 41.5 Å². The van der Waals surface area contributed by atoms with Crippen LogP contribution < -0.4 is 4.74 Å². The first-order valence-electron chi connectivity index (χ1n) is 7.70. The van der Waals surface area contributed by atoms with Crippen LogP contribution in [-0.4, -0.2) is 57.5 Å². The highest BCUT2D eigenvalue weighted by atomic mass is 19.1. The second kappa shape index (κ2) is 6.88. The first-order chi connectivity index (χ1) is 12.0. The summed E-state index contributed by atoms with van der Waals surface area (Å²) in [5.41, 5.74) is 0.909. The molecule has 1 aliphatic heterocycles. The third kappa shape index (κ3) is 3.44. The number of benzene rings is 1. The Balaban J connectivity index is 1.83. The second-order valence-electron chi connectivity index (χ2n) is 5.92. The fraction of sp³-hybridized carbons (Fsp3) is 0.375. The molecule has 0 bridgehead atoms. The molecule has 3 rings (SSSR count). The number of aromatic nitrogens is 3. The van der Waals surface area contributed by atoms with Gasteiger partial charge in [0.25, 0.3) is 5.91 Å². The number of likely N-dealkylation sites (tertiary alicyclic amines) is 1. The molecule has 1 fully saturated rings. The third-order valence-electron chi connectivity index (χ3n) is 4.38. The van der Waals surface area contributed by atoms with Crippen LogP contribution in [0.15, 0.2) is 24.4 Å². The topological polar surface area (TPSA) is 108 Å². The van der Waals surface area contributed by atoms with E-state index in [1.807, 2.05) is 0 Å². The van der Waals surface area contributed by atoms with E-state index in [2.05, 4.69) is 15.4 Å². The van der Waals surface area contributed by atoms with Crippen molar-refractivity contribution >= 4 is 11.9 Å². The van der Waals surface area contributed by atoms with Crippen molar-refractivity contribution in [1.29, 1.82) is 0 Å². The van der Waals surface area contributed by atoms with Gasteiger partial charge in [-0.1, -0.05) is 0 Å². The highest BCUT2D eigenvalue weighted by Crippen LogP contribution is 2.34. The van der Waals surface area contributed by atoms with Gasteiger partial charge in [-0.15, -0.1) is 0 Å². The summed E-state index contributed by atoms with van der Waals surface area (Å²) in [4.78, 5) is 25.4. The Hall–Kier alpha value is -2.97. The van der Waals surface area contributed by atoms with E-state index in [0.29, 0.717) is 12.2 Å². The minimum atomic E-state index is -0.934. The molecule has 8 nitrogen and oxygen atoms in total. The Labute approximate surface area is 142 Å². The van der Waals surface area contributed by atoms with E-state index in [0.717, 1.165) is 0 Å². The van der Waals surface area contributed by atoms with Gasteiger partial charge in [0.1, 0.15) is 0 Å². The fourth-order valence-corrected chi connectivity index (χ4v) is 3.17. The van der Waals surface area contributed by atoms with Gasteiger partial charge in [-0.05, 0) is 24.1 Å². The number of halogens is 1. The molecular formula is C16H17FN4O4. The highest BCUT2D eigenvalue weighted by Gasteiger charge is 2.39. The van der Waals surface area contributed by atoms with E-state index in [9.17, 15) is 14.0 Å². The van der Waals surface area contributed by atoms with Crippen LogP contribution in [0.5, 0.6) is 5.75 Å². The Kier molecular flexibility index (Phi) is 4.64. The molecule has 1 amide bonds. The van der Waals surface area contributed by atoms with Crippen molar-refractivity contribution in [3.63, 3.8) is 0 Å². The lowest BCUT2D eigenvalue weighted by atomic mass is 9.91. The number of amides is 1. The number of aliphatic carboxylic acids is 1. The molecular weight excluding hydrogens is 331 g/mol. The molecule has 1 saturated heterocycles. The first kappa shape index (κ1) is 16.9. The van der Waals surface area contributed by atoms with Gasteiger partial charge in [0.15, 0.2) is 11.6 Å². The van der Waals surface area contributed by atoms with Gasteiger partial charge < -0.3 is 14.7 Å². The van der Waals surface area contributed by atoms with Gasteiger partial charge in [-0.2, -0.15) is 15.4 Å². The number of carbonyl (C=O) groups is 2. The number of aromatic amines is 1. The van der Waals surface area contributed by atoms with E-state index in [1.165, 1.54) is 31.5 Å².